The van der Waals surface area contributed by atoms with Crippen molar-refractivity contribution in [2.75, 3.05) is 11.6 Å². The van der Waals surface area contributed by atoms with Crippen molar-refractivity contribution in [3.8, 4) is 0 Å². The molecule has 0 saturated heterocycles. The van der Waals surface area contributed by atoms with E-state index < -0.39 is 4.92 Å². The van der Waals surface area contributed by atoms with Crippen LogP contribution in [0, 0.1) is 23.0 Å². The van der Waals surface area contributed by atoms with E-state index in [0.29, 0.717) is 11.8 Å². The number of hydrogen-bond donors (Lipinski definition) is 0. The van der Waals surface area contributed by atoms with Gasteiger partial charge in [0.1, 0.15) is 5.02 Å². The highest BCUT2D eigenvalue weighted by Gasteiger charge is 2.15. The van der Waals surface area contributed by atoms with Crippen molar-refractivity contribution >= 4 is 40.7 Å². The van der Waals surface area contributed by atoms with Gasteiger partial charge in [0.05, 0.1) is 4.92 Å². The molecule has 0 aliphatic rings. The second-order valence-corrected chi connectivity index (χ2v) is 5.67. The van der Waals surface area contributed by atoms with Crippen molar-refractivity contribution in [2.24, 2.45) is 5.92 Å². The van der Waals surface area contributed by atoms with Gasteiger partial charge >= 0.3 is 0 Å². The van der Waals surface area contributed by atoms with Crippen molar-refractivity contribution in [1.29, 1.82) is 0 Å². The SMILES string of the molecule is Cc1cc([N+](=O)[O-])c(Cl)cc1SCC(C)CCl. The van der Waals surface area contributed by atoms with Crippen LogP contribution in [0.25, 0.3) is 0 Å². The number of benzene rings is 1. The fourth-order valence-corrected chi connectivity index (χ4v) is 2.83. The highest BCUT2D eigenvalue weighted by Crippen LogP contribution is 2.33. The molecule has 0 aliphatic heterocycles. The van der Waals surface area contributed by atoms with Crippen LogP contribution in [-0.4, -0.2) is 16.6 Å². The quantitative estimate of drug-likeness (QED) is 0.347. The molecule has 0 saturated carbocycles. The minimum atomic E-state index is -0.467. The number of hydrogen-bond acceptors (Lipinski definition) is 3. The maximum atomic E-state index is 10.7. The van der Waals surface area contributed by atoms with Crippen LogP contribution in [0.5, 0.6) is 0 Å². The zero-order valence-electron chi connectivity index (χ0n) is 9.57. The van der Waals surface area contributed by atoms with E-state index in [9.17, 15) is 10.1 Å². The third-order valence-corrected chi connectivity index (χ3v) is 4.54. The summed E-state index contributed by atoms with van der Waals surface area (Å²) in [4.78, 5) is 11.2. The molecule has 0 aromatic heterocycles. The summed E-state index contributed by atoms with van der Waals surface area (Å²) >= 11 is 13.2. The van der Waals surface area contributed by atoms with Crippen molar-refractivity contribution in [2.45, 2.75) is 18.7 Å². The monoisotopic (exact) mass is 293 g/mol. The zero-order valence-corrected chi connectivity index (χ0v) is 11.9. The Kier molecular flexibility index (Phi) is 5.56. The Morgan fingerprint density at radius 2 is 2.18 bits per heavy atom. The number of nitro benzene ring substituents is 1. The number of rotatable bonds is 5. The van der Waals surface area contributed by atoms with Crippen LogP contribution in [0.3, 0.4) is 0 Å². The Morgan fingerprint density at radius 3 is 2.71 bits per heavy atom. The molecule has 0 amide bonds. The highest BCUT2D eigenvalue weighted by atomic mass is 35.5. The van der Waals surface area contributed by atoms with E-state index in [0.717, 1.165) is 16.2 Å². The van der Waals surface area contributed by atoms with E-state index in [-0.39, 0.29) is 10.7 Å². The van der Waals surface area contributed by atoms with Crippen LogP contribution in [0.1, 0.15) is 12.5 Å². The van der Waals surface area contributed by atoms with Crippen LogP contribution in [0.15, 0.2) is 17.0 Å². The van der Waals surface area contributed by atoms with Gasteiger partial charge in [-0.1, -0.05) is 18.5 Å². The molecule has 1 aromatic carbocycles. The topological polar surface area (TPSA) is 43.1 Å². The maximum absolute atomic E-state index is 10.7. The second-order valence-electron chi connectivity index (χ2n) is 3.90. The van der Waals surface area contributed by atoms with Gasteiger partial charge in [-0.25, -0.2) is 0 Å². The molecule has 1 unspecified atom stereocenters. The number of halogens is 2. The predicted molar refractivity (Wildman–Crippen MR) is 73.5 cm³/mol. The zero-order chi connectivity index (χ0) is 13.0. The molecule has 3 nitrogen and oxygen atoms in total. The lowest BCUT2D eigenvalue weighted by Gasteiger charge is -2.09. The molecule has 0 spiro atoms. The highest BCUT2D eigenvalue weighted by molar-refractivity contribution is 7.99. The molecule has 1 atom stereocenters. The average Bonchev–Trinajstić information content (AvgIpc) is 2.28. The minimum Gasteiger partial charge on any atom is -0.258 e. The van der Waals surface area contributed by atoms with Gasteiger partial charge in [0.15, 0.2) is 0 Å². The molecule has 0 radical (unpaired) electrons. The summed E-state index contributed by atoms with van der Waals surface area (Å²) in [5.74, 6) is 1.88. The summed E-state index contributed by atoms with van der Waals surface area (Å²) in [5, 5.41) is 10.9. The van der Waals surface area contributed by atoms with Crippen LogP contribution < -0.4 is 0 Å². The van der Waals surface area contributed by atoms with Gasteiger partial charge in [0.25, 0.3) is 5.69 Å². The smallest absolute Gasteiger partial charge is 0.258 e. The van der Waals surface area contributed by atoms with Gasteiger partial charge in [-0.15, -0.1) is 23.4 Å². The Labute approximate surface area is 115 Å². The largest absolute Gasteiger partial charge is 0.288 e. The Hall–Kier alpha value is -0.450. The summed E-state index contributed by atoms with van der Waals surface area (Å²) in [6.45, 7) is 3.90. The second kappa shape index (κ2) is 6.47. The Balaban J connectivity index is 2.88. The molecule has 0 N–H and O–H groups in total. The molecule has 94 valence electrons. The van der Waals surface area contributed by atoms with Gasteiger partial charge in [-0.2, -0.15) is 0 Å². The Bertz CT molecular complexity index is 426. The van der Waals surface area contributed by atoms with Crippen molar-refractivity contribution in [3.63, 3.8) is 0 Å². The first-order valence-electron chi connectivity index (χ1n) is 5.09. The standard InChI is InChI=1S/C11H13Cl2NO2S/c1-7(5-12)6-17-11-4-9(13)10(14(15)16)3-8(11)2/h3-4,7H,5-6H2,1-2H3. The number of nitro groups is 1. The fourth-order valence-electron chi connectivity index (χ4n) is 1.22. The number of alkyl halides is 1. The first-order valence-corrected chi connectivity index (χ1v) is 6.98. The van der Waals surface area contributed by atoms with Gasteiger partial charge < -0.3 is 0 Å². The van der Waals surface area contributed by atoms with Crippen molar-refractivity contribution in [1.82, 2.24) is 0 Å². The molecule has 0 aliphatic carbocycles. The van der Waals surface area contributed by atoms with Gasteiger partial charge in [-0.3, -0.25) is 10.1 Å². The fraction of sp³-hybridized carbons (Fsp3) is 0.455. The molecular weight excluding hydrogens is 281 g/mol. The van der Waals surface area contributed by atoms with Crippen LogP contribution in [0.2, 0.25) is 5.02 Å². The van der Waals surface area contributed by atoms with Crippen molar-refractivity contribution < 1.29 is 4.92 Å². The molecule has 0 fully saturated rings. The molecule has 0 heterocycles. The van der Waals surface area contributed by atoms with Gasteiger partial charge in [-0.05, 0) is 24.5 Å². The van der Waals surface area contributed by atoms with Gasteiger partial charge in [0, 0.05) is 22.6 Å². The van der Waals surface area contributed by atoms with E-state index >= 15 is 0 Å². The van der Waals surface area contributed by atoms with E-state index in [2.05, 4.69) is 6.92 Å². The van der Waals surface area contributed by atoms with E-state index in [1.165, 1.54) is 6.07 Å². The first kappa shape index (κ1) is 14.6. The Morgan fingerprint density at radius 1 is 1.53 bits per heavy atom. The first-order chi connectivity index (χ1) is 7.95. The summed E-state index contributed by atoms with van der Waals surface area (Å²) in [6.07, 6.45) is 0. The molecule has 1 rings (SSSR count). The molecule has 0 bridgehead atoms. The molecule has 1 aromatic rings. The van der Waals surface area contributed by atoms with E-state index in [1.807, 2.05) is 6.92 Å². The molecule has 6 heteroatoms. The minimum absolute atomic E-state index is 0.0427. The molecular formula is C11H13Cl2NO2S. The third-order valence-electron chi connectivity index (χ3n) is 2.23. The lowest BCUT2D eigenvalue weighted by atomic mass is 10.2. The number of nitrogens with zero attached hydrogens (tertiary/aromatic N) is 1. The van der Waals surface area contributed by atoms with E-state index in [1.54, 1.807) is 17.8 Å². The lowest BCUT2D eigenvalue weighted by Crippen LogP contribution is -1.99. The van der Waals surface area contributed by atoms with E-state index in [4.69, 9.17) is 23.2 Å². The summed E-state index contributed by atoms with van der Waals surface area (Å²) in [5.41, 5.74) is 0.826. The van der Waals surface area contributed by atoms with Crippen LogP contribution in [-0.2, 0) is 0 Å². The maximum Gasteiger partial charge on any atom is 0.288 e. The lowest BCUT2D eigenvalue weighted by molar-refractivity contribution is -0.384. The molecule has 17 heavy (non-hydrogen) atoms. The summed E-state index contributed by atoms with van der Waals surface area (Å²) < 4.78 is 0. The van der Waals surface area contributed by atoms with Crippen LogP contribution >= 0.6 is 35.0 Å². The predicted octanol–water partition coefficient (Wildman–Crippen LogP) is 4.52. The third kappa shape index (κ3) is 4.05. The summed E-state index contributed by atoms with van der Waals surface area (Å²) in [6, 6.07) is 3.16. The normalized spacial score (nSPS) is 12.5. The average molecular weight is 294 g/mol. The van der Waals surface area contributed by atoms with Crippen molar-refractivity contribution in [3.05, 3.63) is 32.8 Å². The number of aryl methyl sites for hydroxylation is 1. The summed E-state index contributed by atoms with van der Waals surface area (Å²) in [7, 11) is 0. The van der Waals surface area contributed by atoms with Gasteiger partial charge in [0.2, 0.25) is 0 Å². The number of thioether (sulfide) groups is 1. The van der Waals surface area contributed by atoms with Crippen LogP contribution in [0.4, 0.5) is 5.69 Å².